The van der Waals surface area contributed by atoms with E-state index in [0.29, 0.717) is 19.3 Å². The predicted molar refractivity (Wildman–Crippen MR) is 245 cm³/mol. The molecule has 0 aromatic heterocycles. The lowest BCUT2D eigenvalue weighted by Gasteiger charge is -2.23. The monoisotopic (exact) mass is 790 g/mol. The fourth-order valence-electron chi connectivity index (χ4n) is 6.05. The van der Waals surface area contributed by atoms with E-state index in [-0.39, 0.29) is 24.9 Å². The van der Waals surface area contributed by atoms with Crippen LogP contribution in [0.15, 0.2) is 109 Å². The van der Waals surface area contributed by atoms with Crippen molar-refractivity contribution in [3.05, 3.63) is 109 Å². The molecule has 0 aliphatic rings. The Labute approximate surface area is 349 Å². The van der Waals surface area contributed by atoms with Crippen LogP contribution in [0.4, 0.5) is 0 Å². The van der Waals surface area contributed by atoms with Crippen molar-refractivity contribution in [2.75, 3.05) is 6.61 Å². The van der Waals surface area contributed by atoms with Crippen LogP contribution in [0.25, 0.3) is 0 Å². The van der Waals surface area contributed by atoms with Crippen molar-refractivity contribution in [1.82, 2.24) is 5.32 Å². The van der Waals surface area contributed by atoms with E-state index >= 15 is 0 Å². The lowest BCUT2D eigenvalue weighted by Crippen LogP contribution is -2.46. The molecule has 0 saturated carbocycles. The van der Waals surface area contributed by atoms with Gasteiger partial charge in [0.2, 0.25) is 5.91 Å². The summed E-state index contributed by atoms with van der Waals surface area (Å²) >= 11 is 0. The van der Waals surface area contributed by atoms with E-state index in [1.165, 1.54) is 38.5 Å². The molecule has 0 aromatic carbocycles. The Morgan fingerprint density at radius 3 is 1.63 bits per heavy atom. The number of aliphatic hydroxyl groups excluding tert-OH is 2. The number of hydrogen-bond acceptors (Lipinski definition) is 5. The number of nitrogens with one attached hydrogen (secondary N) is 1. The number of amides is 1. The Hall–Kier alpha value is -3.48. The third kappa shape index (κ3) is 39.1. The first-order valence-electron chi connectivity index (χ1n) is 22.7. The zero-order chi connectivity index (χ0) is 41.7. The first-order valence-corrected chi connectivity index (χ1v) is 22.7. The third-order valence-corrected chi connectivity index (χ3v) is 9.44. The van der Waals surface area contributed by atoms with Crippen molar-refractivity contribution in [2.45, 2.75) is 193 Å². The summed E-state index contributed by atoms with van der Waals surface area (Å²) in [4.78, 5) is 25.9. The van der Waals surface area contributed by atoms with Crippen molar-refractivity contribution in [2.24, 2.45) is 0 Å². The second kappa shape index (κ2) is 43.6. The van der Waals surface area contributed by atoms with Gasteiger partial charge >= 0.3 is 5.97 Å². The highest BCUT2D eigenvalue weighted by molar-refractivity contribution is 5.78. The van der Waals surface area contributed by atoms with E-state index in [2.05, 4.69) is 99.0 Å². The molecule has 6 heteroatoms. The van der Waals surface area contributed by atoms with Crippen molar-refractivity contribution >= 4 is 11.9 Å². The fourth-order valence-corrected chi connectivity index (χ4v) is 6.05. The maximum absolute atomic E-state index is 13.1. The van der Waals surface area contributed by atoms with E-state index in [1.54, 1.807) is 6.08 Å². The average Bonchev–Trinajstić information content (AvgIpc) is 3.20. The maximum atomic E-state index is 13.1. The van der Waals surface area contributed by atoms with E-state index in [4.69, 9.17) is 4.74 Å². The minimum absolute atomic E-state index is 0.0629. The number of allylic oxidation sites excluding steroid dienone is 17. The summed E-state index contributed by atoms with van der Waals surface area (Å²) in [6.07, 6.45) is 58.9. The van der Waals surface area contributed by atoms with Gasteiger partial charge in [0.05, 0.1) is 25.2 Å². The normalized spacial score (nSPS) is 14.4. The number of hydrogen-bond donors (Lipinski definition) is 3. The molecule has 0 fully saturated rings. The number of esters is 1. The van der Waals surface area contributed by atoms with Crippen LogP contribution >= 0.6 is 0 Å². The van der Waals surface area contributed by atoms with Crippen LogP contribution in [0.1, 0.15) is 175 Å². The molecule has 0 heterocycles. The molecule has 0 saturated heterocycles. The number of unbranched alkanes of at least 4 members (excludes halogenated alkanes) is 13. The highest BCUT2D eigenvalue weighted by Gasteiger charge is 2.23. The SMILES string of the molecule is CC/C=C/C=C/C=C/C=C\CCCCCCCC(=O)OC(/C=C/C/C=C/C/C=C/C/C=C/C/C=C/CC)CC(=O)NC(CO)C(O)CCCCCCCCCCC. The molecule has 0 bridgehead atoms. The lowest BCUT2D eigenvalue weighted by molar-refractivity contribution is -0.148. The van der Waals surface area contributed by atoms with Gasteiger partial charge in [-0.05, 0) is 70.3 Å². The molecule has 0 radical (unpaired) electrons. The Kier molecular flexibility index (Phi) is 41.0. The van der Waals surface area contributed by atoms with Crippen molar-refractivity contribution in [1.29, 1.82) is 0 Å². The highest BCUT2D eigenvalue weighted by Crippen LogP contribution is 2.14. The summed E-state index contributed by atoms with van der Waals surface area (Å²) in [6.45, 7) is 6.14. The van der Waals surface area contributed by atoms with Gasteiger partial charge in [0.25, 0.3) is 0 Å². The summed E-state index contributed by atoms with van der Waals surface area (Å²) in [5, 5.41) is 23.5. The summed E-state index contributed by atoms with van der Waals surface area (Å²) in [5.74, 6) is -0.671. The van der Waals surface area contributed by atoms with E-state index in [9.17, 15) is 19.8 Å². The van der Waals surface area contributed by atoms with E-state index in [1.807, 2.05) is 30.4 Å². The van der Waals surface area contributed by atoms with Gasteiger partial charge in [-0.1, -0.05) is 201 Å². The standard InChI is InChI=1S/C51H83NO5/c1-4-7-10-13-16-19-21-23-25-27-29-32-35-38-41-44-51(56)57-47(42-39-36-33-31-28-26-24-22-20-17-14-11-8-5-2)45-50(55)52-48(46-53)49(54)43-40-37-34-30-18-15-12-9-6-3/h7-8,10-11,13,16-17,19-21,23-26,31,33,39,42,47-49,53-54H,4-6,9,12,14-15,18,22,27-30,32,34-38,40-41,43-46H2,1-3H3,(H,52,55)/b10-7+,11-8+,16-13+,20-17+,21-19+,25-23-,26-24+,33-31+,42-39+. The minimum atomic E-state index is -0.827. The average molecular weight is 790 g/mol. The number of carbonyl (C=O) groups is 2. The van der Waals surface area contributed by atoms with Gasteiger partial charge in [-0.25, -0.2) is 0 Å². The third-order valence-electron chi connectivity index (χ3n) is 9.44. The Balaban J connectivity index is 4.85. The highest BCUT2D eigenvalue weighted by atomic mass is 16.5. The Bertz CT molecular complexity index is 1200. The molecule has 1 amide bonds. The Morgan fingerprint density at radius 1 is 0.561 bits per heavy atom. The van der Waals surface area contributed by atoms with Crippen molar-refractivity contribution in [3.63, 3.8) is 0 Å². The topological polar surface area (TPSA) is 95.9 Å². The zero-order valence-corrected chi connectivity index (χ0v) is 36.4. The fraction of sp³-hybridized carbons (Fsp3) is 0.608. The lowest BCUT2D eigenvalue weighted by atomic mass is 10.0. The molecule has 0 rings (SSSR count). The molecule has 3 N–H and O–H groups in total. The molecule has 322 valence electrons. The van der Waals surface area contributed by atoms with Gasteiger partial charge in [-0.3, -0.25) is 9.59 Å². The van der Waals surface area contributed by atoms with Crippen LogP contribution in [-0.4, -0.2) is 46.9 Å². The van der Waals surface area contributed by atoms with Crippen molar-refractivity contribution < 1.29 is 24.5 Å². The number of rotatable bonds is 38. The number of carbonyl (C=O) groups excluding carboxylic acids is 2. The van der Waals surface area contributed by atoms with Crippen LogP contribution in [0.3, 0.4) is 0 Å². The maximum Gasteiger partial charge on any atom is 0.306 e. The smallest absolute Gasteiger partial charge is 0.306 e. The Morgan fingerprint density at radius 2 is 1.05 bits per heavy atom. The molecule has 3 atom stereocenters. The van der Waals surface area contributed by atoms with Crippen LogP contribution in [0.2, 0.25) is 0 Å². The summed E-state index contributed by atoms with van der Waals surface area (Å²) < 4.78 is 5.78. The summed E-state index contributed by atoms with van der Waals surface area (Å²) in [6, 6.07) is -0.752. The molecule has 6 nitrogen and oxygen atoms in total. The van der Waals surface area contributed by atoms with Crippen LogP contribution in [-0.2, 0) is 14.3 Å². The van der Waals surface area contributed by atoms with Gasteiger partial charge in [0.15, 0.2) is 0 Å². The molecule has 0 spiro atoms. The molecule has 3 unspecified atom stereocenters. The van der Waals surface area contributed by atoms with E-state index in [0.717, 1.165) is 89.9 Å². The quantitative estimate of drug-likeness (QED) is 0.0251. The van der Waals surface area contributed by atoms with E-state index < -0.39 is 18.2 Å². The molecule has 57 heavy (non-hydrogen) atoms. The molecular formula is C51H83NO5. The molecule has 0 aliphatic carbocycles. The number of ether oxygens (including phenoxy) is 1. The summed E-state index contributed by atoms with van der Waals surface area (Å²) in [7, 11) is 0. The number of aliphatic hydroxyl groups is 2. The van der Waals surface area contributed by atoms with Gasteiger partial charge < -0.3 is 20.3 Å². The van der Waals surface area contributed by atoms with Gasteiger partial charge in [-0.2, -0.15) is 0 Å². The first-order chi connectivity index (χ1) is 28.0. The predicted octanol–water partition coefficient (Wildman–Crippen LogP) is 13.2. The van der Waals surface area contributed by atoms with Crippen LogP contribution in [0, 0.1) is 0 Å². The van der Waals surface area contributed by atoms with Crippen LogP contribution in [0.5, 0.6) is 0 Å². The van der Waals surface area contributed by atoms with Gasteiger partial charge in [0, 0.05) is 6.42 Å². The largest absolute Gasteiger partial charge is 0.458 e. The zero-order valence-electron chi connectivity index (χ0n) is 36.4. The molecule has 0 aromatic rings. The van der Waals surface area contributed by atoms with Gasteiger partial charge in [0.1, 0.15) is 6.10 Å². The second-order valence-corrected chi connectivity index (χ2v) is 14.8. The molecule has 0 aliphatic heterocycles. The molecular weight excluding hydrogens is 707 g/mol. The van der Waals surface area contributed by atoms with Crippen molar-refractivity contribution in [3.8, 4) is 0 Å². The van der Waals surface area contributed by atoms with Gasteiger partial charge in [-0.15, -0.1) is 0 Å². The van der Waals surface area contributed by atoms with Crippen LogP contribution < -0.4 is 5.32 Å². The summed E-state index contributed by atoms with van der Waals surface area (Å²) in [5.41, 5.74) is 0. The first kappa shape index (κ1) is 53.5. The second-order valence-electron chi connectivity index (χ2n) is 14.8. The minimum Gasteiger partial charge on any atom is -0.458 e.